The molecule has 1 atom stereocenters. The summed E-state index contributed by atoms with van der Waals surface area (Å²) in [5.41, 5.74) is 0. The molecule has 18 heavy (non-hydrogen) atoms. The second kappa shape index (κ2) is 13.1. The molecule has 0 spiro atoms. The summed E-state index contributed by atoms with van der Waals surface area (Å²) in [7, 11) is 0. The number of hydrogen-bond acceptors (Lipinski definition) is 1. The molecule has 0 aliphatic rings. The second-order valence-electron chi connectivity index (χ2n) is 5.21. The van der Waals surface area contributed by atoms with Gasteiger partial charge in [-0.1, -0.05) is 58.8 Å². The predicted octanol–water partition coefficient (Wildman–Crippen LogP) is 4.39. The summed E-state index contributed by atoms with van der Waals surface area (Å²) in [4.78, 5) is 0. The quantitative estimate of drug-likeness (QED) is 0.431. The van der Waals surface area contributed by atoms with Gasteiger partial charge in [0.15, 0.2) is 5.11 Å². The zero-order valence-electron chi connectivity index (χ0n) is 12.6. The summed E-state index contributed by atoms with van der Waals surface area (Å²) in [5.74, 6) is 0. The number of rotatable bonds is 11. The molecular formula is C15H32N2S. The lowest BCUT2D eigenvalue weighted by Crippen LogP contribution is -2.40. The van der Waals surface area contributed by atoms with Crippen molar-refractivity contribution in [2.24, 2.45) is 0 Å². The SMILES string of the molecule is CCCCCCNC(=S)NC(C)CCCCCC. The van der Waals surface area contributed by atoms with Crippen molar-refractivity contribution in [3.8, 4) is 0 Å². The van der Waals surface area contributed by atoms with Crippen LogP contribution >= 0.6 is 12.2 Å². The lowest BCUT2D eigenvalue weighted by atomic mass is 10.1. The Balaban J connectivity index is 3.37. The maximum atomic E-state index is 5.29. The summed E-state index contributed by atoms with van der Waals surface area (Å²) in [6.45, 7) is 7.71. The van der Waals surface area contributed by atoms with E-state index in [2.05, 4.69) is 31.4 Å². The van der Waals surface area contributed by atoms with Crippen LogP contribution in [0, 0.1) is 0 Å². The van der Waals surface area contributed by atoms with Crippen molar-refractivity contribution in [3.63, 3.8) is 0 Å². The molecule has 2 N–H and O–H groups in total. The summed E-state index contributed by atoms with van der Waals surface area (Å²) in [5, 5.41) is 7.49. The average molecular weight is 273 g/mol. The van der Waals surface area contributed by atoms with E-state index in [1.807, 2.05) is 0 Å². The van der Waals surface area contributed by atoms with E-state index in [1.54, 1.807) is 0 Å². The maximum Gasteiger partial charge on any atom is 0.166 e. The molecule has 3 heteroatoms. The Kier molecular flexibility index (Phi) is 12.9. The summed E-state index contributed by atoms with van der Waals surface area (Å²) in [6, 6.07) is 0.498. The van der Waals surface area contributed by atoms with E-state index in [-0.39, 0.29) is 0 Å². The monoisotopic (exact) mass is 272 g/mol. The zero-order chi connectivity index (χ0) is 13.6. The number of nitrogens with one attached hydrogen (secondary N) is 2. The van der Waals surface area contributed by atoms with Crippen molar-refractivity contribution >= 4 is 17.3 Å². The van der Waals surface area contributed by atoms with Crippen LogP contribution in [0.5, 0.6) is 0 Å². The van der Waals surface area contributed by atoms with Gasteiger partial charge >= 0.3 is 0 Å². The predicted molar refractivity (Wildman–Crippen MR) is 86.1 cm³/mol. The minimum Gasteiger partial charge on any atom is -0.363 e. The molecule has 1 unspecified atom stereocenters. The Morgan fingerprint density at radius 2 is 1.56 bits per heavy atom. The standard InChI is InChI=1S/C15H32N2S/c1-4-6-8-10-12-14(3)17-15(18)16-13-11-9-7-5-2/h14H,4-13H2,1-3H3,(H2,16,17,18). The molecule has 0 saturated carbocycles. The van der Waals surface area contributed by atoms with Crippen LogP contribution < -0.4 is 10.6 Å². The van der Waals surface area contributed by atoms with Crippen molar-refractivity contribution in [2.75, 3.05) is 6.54 Å². The number of thiocarbonyl (C=S) groups is 1. The average Bonchev–Trinajstić information content (AvgIpc) is 2.34. The smallest absolute Gasteiger partial charge is 0.166 e. The lowest BCUT2D eigenvalue weighted by molar-refractivity contribution is 0.539. The van der Waals surface area contributed by atoms with Gasteiger partial charge in [0.1, 0.15) is 0 Å². The molecule has 0 aromatic rings. The first-order valence-electron chi connectivity index (χ1n) is 7.75. The van der Waals surface area contributed by atoms with E-state index < -0.39 is 0 Å². The molecule has 0 aromatic carbocycles. The Morgan fingerprint density at radius 1 is 0.944 bits per heavy atom. The van der Waals surface area contributed by atoms with Crippen LogP contribution in [0.4, 0.5) is 0 Å². The molecular weight excluding hydrogens is 240 g/mol. The van der Waals surface area contributed by atoms with Gasteiger partial charge in [-0.2, -0.15) is 0 Å². The van der Waals surface area contributed by atoms with Gasteiger partial charge in [-0.3, -0.25) is 0 Å². The van der Waals surface area contributed by atoms with E-state index in [4.69, 9.17) is 12.2 Å². The number of hydrogen-bond donors (Lipinski definition) is 2. The van der Waals surface area contributed by atoms with Crippen molar-refractivity contribution < 1.29 is 0 Å². The van der Waals surface area contributed by atoms with Crippen molar-refractivity contribution in [2.45, 2.75) is 84.6 Å². The van der Waals surface area contributed by atoms with Gasteiger partial charge in [-0.15, -0.1) is 0 Å². The lowest BCUT2D eigenvalue weighted by Gasteiger charge is -2.16. The normalized spacial score (nSPS) is 12.2. The molecule has 0 aromatic heterocycles. The first-order chi connectivity index (χ1) is 8.70. The highest BCUT2D eigenvalue weighted by atomic mass is 32.1. The largest absolute Gasteiger partial charge is 0.363 e. The zero-order valence-corrected chi connectivity index (χ0v) is 13.4. The first kappa shape index (κ1) is 17.7. The third kappa shape index (κ3) is 12.2. The highest BCUT2D eigenvalue weighted by molar-refractivity contribution is 7.80. The molecule has 0 radical (unpaired) electrons. The van der Waals surface area contributed by atoms with Crippen LogP contribution in [-0.4, -0.2) is 17.7 Å². The topological polar surface area (TPSA) is 24.1 Å². The van der Waals surface area contributed by atoms with E-state index in [0.717, 1.165) is 11.7 Å². The summed E-state index contributed by atoms with van der Waals surface area (Å²) < 4.78 is 0. The molecule has 0 fully saturated rings. The van der Waals surface area contributed by atoms with Crippen LogP contribution in [0.25, 0.3) is 0 Å². The Hall–Kier alpha value is -0.310. The Labute approximate surface area is 119 Å². The molecule has 2 nitrogen and oxygen atoms in total. The molecule has 0 heterocycles. The molecule has 0 saturated heterocycles. The van der Waals surface area contributed by atoms with E-state index in [9.17, 15) is 0 Å². The summed E-state index contributed by atoms with van der Waals surface area (Å²) >= 11 is 5.29. The Bertz CT molecular complexity index is 195. The van der Waals surface area contributed by atoms with Crippen LogP contribution in [0.2, 0.25) is 0 Å². The minimum absolute atomic E-state index is 0.498. The van der Waals surface area contributed by atoms with Crippen molar-refractivity contribution in [1.82, 2.24) is 10.6 Å². The number of unbranched alkanes of at least 4 members (excludes halogenated alkanes) is 6. The van der Waals surface area contributed by atoms with E-state index >= 15 is 0 Å². The van der Waals surface area contributed by atoms with Crippen LogP contribution in [0.1, 0.15) is 78.6 Å². The van der Waals surface area contributed by atoms with Gasteiger partial charge in [0.05, 0.1) is 0 Å². The fourth-order valence-electron chi connectivity index (χ4n) is 1.98. The highest BCUT2D eigenvalue weighted by Gasteiger charge is 2.03. The third-order valence-electron chi connectivity index (χ3n) is 3.18. The van der Waals surface area contributed by atoms with Crippen LogP contribution in [-0.2, 0) is 0 Å². The van der Waals surface area contributed by atoms with Gasteiger partial charge in [0, 0.05) is 12.6 Å². The molecule has 0 aliphatic heterocycles. The van der Waals surface area contributed by atoms with Gasteiger partial charge < -0.3 is 10.6 Å². The fourth-order valence-corrected chi connectivity index (χ4v) is 2.28. The highest BCUT2D eigenvalue weighted by Crippen LogP contribution is 2.05. The molecule has 108 valence electrons. The summed E-state index contributed by atoms with van der Waals surface area (Å²) in [6.07, 6.45) is 11.7. The first-order valence-corrected chi connectivity index (χ1v) is 8.15. The molecule has 0 aliphatic carbocycles. The van der Waals surface area contributed by atoms with Gasteiger partial charge in [-0.25, -0.2) is 0 Å². The van der Waals surface area contributed by atoms with Gasteiger partial charge in [-0.05, 0) is 32.0 Å². The van der Waals surface area contributed by atoms with Gasteiger partial charge in [0.25, 0.3) is 0 Å². The third-order valence-corrected chi connectivity index (χ3v) is 3.45. The van der Waals surface area contributed by atoms with Gasteiger partial charge in [0.2, 0.25) is 0 Å². The van der Waals surface area contributed by atoms with E-state index in [0.29, 0.717) is 6.04 Å². The maximum absolute atomic E-state index is 5.29. The molecule has 0 amide bonds. The minimum atomic E-state index is 0.498. The van der Waals surface area contributed by atoms with Crippen molar-refractivity contribution in [1.29, 1.82) is 0 Å². The second-order valence-corrected chi connectivity index (χ2v) is 5.62. The van der Waals surface area contributed by atoms with Crippen LogP contribution in [0.15, 0.2) is 0 Å². The van der Waals surface area contributed by atoms with E-state index in [1.165, 1.54) is 57.8 Å². The molecule has 0 rings (SSSR count). The van der Waals surface area contributed by atoms with Crippen molar-refractivity contribution in [3.05, 3.63) is 0 Å². The Morgan fingerprint density at radius 3 is 2.17 bits per heavy atom. The van der Waals surface area contributed by atoms with Crippen LogP contribution in [0.3, 0.4) is 0 Å². The fraction of sp³-hybridized carbons (Fsp3) is 0.933. The molecule has 0 bridgehead atoms.